The lowest BCUT2D eigenvalue weighted by atomic mass is 10.1. The molecule has 0 radical (unpaired) electrons. The van der Waals surface area contributed by atoms with Gasteiger partial charge in [-0.15, -0.1) is 0 Å². The summed E-state index contributed by atoms with van der Waals surface area (Å²) in [6, 6.07) is 6.50. The van der Waals surface area contributed by atoms with Gasteiger partial charge in [-0.1, -0.05) is 0 Å². The molecule has 3 rings (SSSR count). The number of rotatable bonds is 4. The second kappa shape index (κ2) is 6.21. The van der Waals surface area contributed by atoms with Crippen LogP contribution < -0.4 is 5.32 Å². The maximum absolute atomic E-state index is 12.3. The van der Waals surface area contributed by atoms with Crippen molar-refractivity contribution < 1.29 is 14.7 Å². The molecule has 7 nitrogen and oxygen atoms in total. The molecule has 1 amide bonds. The first kappa shape index (κ1) is 15.2. The summed E-state index contributed by atoms with van der Waals surface area (Å²) in [4.78, 5) is 29.1. The molecule has 2 heterocycles. The van der Waals surface area contributed by atoms with E-state index < -0.39 is 12.0 Å². The Balaban J connectivity index is 1.64. The van der Waals surface area contributed by atoms with Crippen LogP contribution in [0, 0.1) is 0 Å². The first-order valence-corrected chi connectivity index (χ1v) is 7.37. The van der Waals surface area contributed by atoms with Gasteiger partial charge in [-0.25, -0.2) is 4.98 Å². The van der Waals surface area contributed by atoms with Crippen LogP contribution >= 0.6 is 0 Å². The number of aromatic nitrogens is 2. The molecule has 23 heavy (non-hydrogen) atoms. The Morgan fingerprint density at radius 3 is 2.61 bits per heavy atom. The number of aliphatic carboxylic acids is 1. The molecule has 1 aromatic heterocycles. The largest absolute Gasteiger partial charge is 0.480 e. The topological polar surface area (TPSA) is 87.5 Å². The lowest BCUT2D eigenvalue weighted by Crippen LogP contribution is -2.36. The van der Waals surface area contributed by atoms with Gasteiger partial charge in [-0.05, 0) is 37.7 Å². The van der Waals surface area contributed by atoms with Gasteiger partial charge in [-0.2, -0.15) is 0 Å². The molecule has 0 saturated carbocycles. The van der Waals surface area contributed by atoms with E-state index in [1.165, 1.54) is 0 Å². The van der Waals surface area contributed by atoms with Crippen molar-refractivity contribution in [1.82, 2.24) is 19.8 Å². The van der Waals surface area contributed by atoms with E-state index in [-0.39, 0.29) is 11.9 Å². The molecule has 1 fully saturated rings. The highest BCUT2D eigenvalue weighted by atomic mass is 16.4. The van der Waals surface area contributed by atoms with E-state index in [9.17, 15) is 9.59 Å². The minimum absolute atomic E-state index is 0.151. The molecule has 0 unspecified atom stereocenters. The molecule has 120 valence electrons. The lowest BCUT2D eigenvalue weighted by molar-refractivity contribution is -0.141. The number of hydrogen-bond donors (Lipinski definition) is 2. The average molecular weight is 314 g/mol. The zero-order chi connectivity index (χ0) is 16.4. The van der Waals surface area contributed by atoms with Crippen LogP contribution in [0.2, 0.25) is 0 Å². The third-order valence-corrected chi connectivity index (χ3v) is 4.10. The van der Waals surface area contributed by atoms with Gasteiger partial charge in [0, 0.05) is 36.2 Å². The first-order valence-electron chi connectivity index (χ1n) is 7.37. The third kappa shape index (κ3) is 3.24. The summed E-state index contributed by atoms with van der Waals surface area (Å²) < 4.78 is 1.85. The van der Waals surface area contributed by atoms with Gasteiger partial charge >= 0.3 is 5.97 Å². The summed E-state index contributed by atoms with van der Waals surface area (Å²) in [6.45, 7) is 0.538. The normalized spacial score (nSPS) is 21.3. The van der Waals surface area contributed by atoms with Crippen molar-refractivity contribution >= 4 is 11.9 Å². The number of carbonyl (C=O) groups is 2. The summed E-state index contributed by atoms with van der Waals surface area (Å²) in [7, 11) is 1.75. The van der Waals surface area contributed by atoms with Crippen LogP contribution in [0.3, 0.4) is 0 Å². The van der Waals surface area contributed by atoms with Crippen LogP contribution in [0.1, 0.15) is 16.8 Å². The van der Waals surface area contributed by atoms with Crippen molar-refractivity contribution in [2.75, 3.05) is 13.6 Å². The van der Waals surface area contributed by atoms with Crippen molar-refractivity contribution in [2.24, 2.45) is 0 Å². The summed E-state index contributed by atoms with van der Waals surface area (Å²) in [5.41, 5.74) is 1.47. The fourth-order valence-corrected chi connectivity index (χ4v) is 2.86. The maximum atomic E-state index is 12.3. The lowest BCUT2D eigenvalue weighted by Gasteiger charge is -2.13. The Morgan fingerprint density at radius 2 is 2.04 bits per heavy atom. The van der Waals surface area contributed by atoms with E-state index in [0.717, 1.165) is 5.69 Å². The van der Waals surface area contributed by atoms with E-state index in [0.29, 0.717) is 18.5 Å². The van der Waals surface area contributed by atoms with Gasteiger partial charge in [0.25, 0.3) is 5.91 Å². The smallest absolute Gasteiger partial charge is 0.320 e. The van der Waals surface area contributed by atoms with Crippen molar-refractivity contribution in [3.8, 4) is 5.69 Å². The van der Waals surface area contributed by atoms with Crippen molar-refractivity contribution in [2.45, 2.75) is 18.5 Å². The summed E-state index contributed by atoms with van der Waals surface area (Å²) in [5.74, 6) is -1.04. The van der Waals surface area contributed by atoms with Gasteiger partial charge in [0.1, 0.15) is 6.04 Å². The SMILES string of the molecule is CN1C[C@@H](NC(=O)c2ccc(-n3ccnc3)cc2)C[C@H]1C(=O)O. The molecular formula is C16H18N4O3. The van der Waals surface area contributed by atoms with Crippen LogP contribution in [-0.2, 0) is 4.79 Å². The van der Waals surface area contributed by atoms with Crippen LogP contribution in [0.25, 0.3) is 5.69 Å². The fourth-order valence-electron chi connectivity index (χ4n) is 2.86. The van der Waals surface area contributed by atoms with Crippen LogP contribution in [-0.4, -0.2) is 57.1 Å². The number of nitrogens with one attached hydrogen (secondary N) is 1. The summed E-state index contributed by atoms with van der Waals surface area (Å²) in [5, 5.41) is 12.0. The number of hydrogen-bond acceptors (Lipinski definition) is 4. The molecule has 0 bridgehead atoms. The van der Waals surface area contributed by atoms with Gasteiger partial charge in [-0.3, -0.25) is 14.5 Å². The highest BCUT2D eigenvalue weighted by molar-refractivity contribution is 5.94. The highest BCUT2D eigenvalue weighted by Crippen LogP contribution is 2.17. The Hall–Kier alpha value is -2.67. The van der Waals surface area contributed by atoms with Crippen LogP contribution in [0.4, 0.5) is 0 Å². The van der Waals surface area contributed by atoms with Gasteiger partial charge < -0.3 is 15.0 Å². The fraction of sp³-hybridized carbons (Fsp3) is 0.312. The summed E-state index contributed by atoms with van der Waals surface area (Å²) >= 11 is 0. The van der Waals surface area contributed by atoms with Gasteiger partial charge in [0.2, 0.25) is 0 Å². The molecule has 2 atom stereocenters. The Kier molecular flexibility index (Phi) is 4.12. The van der Waals surface area contributed by atoms with Gasteiger partial charge in [0.05, 0.1) is 6.33 Å². The zero-order valence-electron chi connectivity index (χ0n) is 12.7. The van der Waals surface area contributed by atoms with Crippen LogP contribution in [0.5, 0.6) is 0 Å². The Labute approximate surface area is 133 Å². The van der Waals surface area contributed by atoms with Crippen molar-refractivity contribution in [3.05, 3.63) is 48.5 Å². The number of amides is 1. The predicted octanol–water partition coefficient (Wildman–Crippen LogP) is 0.759. The second-order valence-corrected chi connectivity index (χ2v) is 5.72. The first-order chi connectivity index (χ1) is 11.0. The molecule has 0 spiro atoms. The molecule has 2 N–H and O–H groups in total. The number of carbonyl (C=O) groups excluding carboxylic acids is 1. The molecular weight excluding hydrogens is 296 g/mol. The van der Waals surface area contributed by atoms with E-state index in [4.69, 9.17) is 5.11 Å². The highest BCUT2D eigenvalue weighted by Gasteiger charge is 2.35. The third-order valence-electron chi connectivity index (χ3n) is 4.10. The second-order valence-electron chi connectivity index (χ2n) is 5.72. The van der Waals surface area contributed by atoms with E-state index in [1.54, 1.807) is 36.6 Å². The Morgan fingerprint density at radius 1 is 1.30 bits per heavy atom. The Bertz CT molecular complexity index is 697. The number of imidazole rings is 1. The standard InChI is InChI=1S/C16H18N4O3/c1-19-9-12(8-14(19)16(22)23)18-15(21)11-2-4-13(5-3-11)20-7-6-17-10-20/h2-7,10,12,14H,8-9H2,1H3,(H,18,21)(H,22,23)/t12-,14-/m0/s1. The molecule has 2 aromatic rings. The number of likely N-dealkylation sites (N-methyl/N-ethyl adjacent to an activating group) is 1. The number of carboxylic acids is 1. The quantitative estimate of drug-likeness (QED) is 0.870. The van der Waals surface area contributed by atoms with Crippen LogP contribution in [0.15, 0.2) is 43.0 Å². The molecule has 1 aliphatic rings. The minimum atomic E-state index is -0.853. The predicted molar refractivity (Wildman–Crippen MR) is 83.5 cm³/mol. The van der Waals surface area contributed by atoms with E-state index in [2.05, 4.69) is 10.3 Å². The summed E-state index contributed by atoms with van der Waals surface area (Å²) in [6.07, 6.45) is 5.63. The minimum Gasteiger partial charge on any atom is -0.480 e. The van der Waals surface area contributed by atoms with Crippen molar-refractivity contribution in [1.29, 1.82) is 0 Å². The maximum Gasteiger partial charge on any atom is 0.320 e. The molecule has 7 heteroatoms. The van der Waals surface area contributed by atoms with E-state index in [1.807, 2.05) is 22.9 Å². The number of likely N-dealkylation sites (tertiary alicyclic amines) is 1. The molecule has 1 aromatic carbocycles. The molecule has 1 saturated heterocycles. The van der Waals surface area contributed by atoms with Crippen molar-refractivity contribution in [3.63, 3.8) is 0 Å². The number of benzene rings is 1. The number of carboxylic acid groups (broad SMARTS) is 1. The number of nitrogens with zero attached hydrogens (tertiary/aromatic N) is 3. The molecule has 0 aliphatic carbocycles. The average Bonchev–Trinajstić information content (AvgIpc) is 3.17. The zero-order valence-corrected chi connectivity index (χ0v) is 12.7. The molecule has 1 aliphatic heterocycles. The van der Waals surface area contributed by atoms with Gasteiger partial charge in [0.15, 0.2) is 0 Å². The monoisotopic (exact) mass is 314 g/mol. The van der Waals surface area contributed by atoms with E-state index >= 15 is 0 Å².